The van der Waals surface area contributed by atoms with Crippen molar-refractivity contribution < 1.29 is 14.9 Å². The molecule has 0 unspecified atom stereocenters. The average molecular weight is 262 g/mol. The first kappa shape index (κ1) is 12.6. The topological polar surface area (TPSA) is 67.5 Å². The summed E-state index contributed by atoms with van der Waals surface area (Å²) in [5.41, 5.74) is 1.87. The number of aliphatic hydroxyl groups is 2. The second-order valence-corrected chi connectivity index (χ2v) is 4.91. The second-order valence-electron chi connectivity index (χ2n) is 4.91. The number of aromatic nitrogens is 2. The van der Waals surface area contributed by atoms with E-state index in [1.54, 1.807) is 0 Å². The molecule has 5 nitrogen and oxygen atoms in total. The quantitative estimate of drug-likeness (QED) is 0.870. The van der Waals surface area contributed by atoms with Crippen LogP contribution in [0.25, 0.3) is 11.0 Å². The minimum absolute atomic E-state index is 0.00158. The van der Waals surface area contributed by atoms with Gasteiger partial charge in [-0.2, -0.15) is 0 Å². The van der Waals surface area contributed by atoms with Gasteiger partial charge in [-0.15, -0.1) is 0 Å². The van der Waals surface area contributed by atoms with Crippen molar-refractivity contribution in [1.82, 2.24) is 9.55 Å². The highest BCUT2D eigenvalue weighted by Crippen LogP contribution is 2.30. The van der Waals surface area contributed by atoms with Crippen LogP contribution in [0.5, 0.6) is 0 Å². The zero-order valence-electron chi connectivity index (χ0n) is 10.7. The van der Waals surface area contributed by atoms with Gasteiger partial charge in [0.1, 0.15) is 11.9 Å². The van der Waals surface area contributed by atoms with Crippen molar-refractivity contribution in [3.8, 4) is 0 Å². The predicted molar refractivity (Wildman–Crippen MR) is 70.8 cm³/mol. The molecule has 19 heavy (non-hydrogen) atoms. The lowest BCUT2D eigenvalue weighted by molar-refractivity contribution is 0.0729. The molecule has 0 radical (unpaired) electrons. The van der Waals surface area contributed by atoms with E-state index in [0.29, 0.717) is 6.54 Å². The van der Waals surface area contributed by atoms with Crippen LogP contribution in [-0.2, 0) is 11.3 Å². The Morgan fingerprint density at radius 3 is 3.00 bits per heavy atom. The summed E-state index contributed by atoms with van der Waals surface area (Å²) in [4.78, 5) is 4.63. The van der Waals surface area contributed by atoms with Crippen molar-refractivity contribution in [3.05, 3.63) is 30.1 Å². The van der Waals surface area contributed by atoms with Crippen LogP contribution in [0, 0.1) is 0 Å². The Morgan fingerprint density at radius 1 is 1.42 bits per heavy atom. The smallest absolute Gasteiger partial charge is 0.139 e. The molecule has 2 N–H and O–H groups in total. The minimum atomic E-state index is -0.780. The Balaban J connectivity index is 2.05. The lowest BCUT2D eigenvalue weighted by Crippen LogP contribution is -2.22. The molecule has 0 bridgehead atoms. The van der Waals surface area contributed by atoms with Gasteiger partial charge in [0.2, 0.25) is 0 Å². The van der Waals surface area contributed by atoms with Gasteiger partial charge < -0.3 is 19.5 Å². The number of ether oxygens (including phenoxy) is 1. The molecule has 0 aliphatic carbocycles. The molecular formula is C14H18N2O3. The lowest BCUT2D eigenvalue weighted by atomic mass is 10.2. The second kappa shape index (κ2) is 5.28. The molecule has 5 heteroatoms. The Kier molecular flexibility index (Phi) is 3.50. The van der Waals surface area contributed by atoms with Crippen LogP contribution >= 0.6 is 0 Å². The van der Waals surface area contributed by atoms with Gasteiger partial charge in [-0.3, -0.25) is 0 Å². The van der Waals surface area contributed by atoms with E-state index in [4.69, 9.17) is 9.84 Å². The molecule has 1 aliphatic heterocycles. The molecule has 1 saturated heterocycles. The molecule has 102 valence electrons. The van der Waals surface area contributed by atoms with Crippen molar-refractivity contribution in [2.75, 3.05) is 13.2 Å². The van der Waals surface area contributed by atoms with Crippen LogP contribution in [0.3, 0.4) is 0 Å². The van der Waals surface area contributed by atoms with E-state index in [1.807, 2.05) is 28.8 Å². The minimum Gasteiger partial charge on any atom is -0.394 e. The number of para-hydroxylation sites is 2. The molecule has 1 aromatic heterocycles. The van der Waals surface area contributed by atoms with E-state index >= 15 is 0 Å². The third-order valence-corrected chi connectivity index (χ3v) is 3.51. The largest absolute Gasteiger partial charge is 0.394 e. The summed E-state index contributed by atoms with van der Waals surface area (Å²) < 4.78 is 7.66. The number of nitrogens with zero attached hydrogens (tertiary/aromatic N) is 2. The lowest BCUT2D eigenvalue weighted by Gasteiger charge is -2.15. The van der Waals surface area contributed by atoms with Crippen molar-refractivity contribution >= 4 is 11.0 Å². The summed E-state index contributed by atoms with van der Waals surface area (Å²) in [5.74, 6) is 0.853. The molecule has 0 saturated carbocycles. The zero-order valence-corrected chi connectivity index (χ0v) is 10.7. The average Bonchev–Trinajstić information content (AvgIpc) is 3.06. The number of benzene rings is 1. The number of fused-ring (bicyclic) bond motifs is 1. The Morgan fingerprint density at radius 2 is 2.26 bits per heavy atom. The maximum absolute atomic E-state index is 9.72. The maximum atomic E-state index is 9.72. The summed E-state index contributed by atoms with van der Waals surface area (Å²) in [7, 11) is 0. The fourth-order valence-corrected chi connectivity index (χ4v) is 2.58. The first-order valence-corrected chi connectivity index (χ1v) is 6.65. The number of aliphatic hydroxyl groups excluding tert-OH is 2. The first-order chi connectivity index (χ1) is 9.29. The monoisotopic (exact) mass is 262 g/mol. The third-order valence-electron chi connectivity index (χ3n) is 3.51. The molecule has 1 aromatic carbocycles. The Bertz CT molecular complexity index is 561. The summed E-state index contributed by atoms with van der Waals surface area (Å²) in [6, 6.07) is 7.83. The predicted octanol–water partition coefficient (Wildman–Crippen LogP) is 1.24. The van der Waals surface area contributed by atoms with E-state index in [0.717, 1.165) is 36.3 Å². The highest BCUT2D eigenvalue weighted by atomic mass is 16.5. The summed E-state index contributed by atoms with van der Waals surface area (Å²) in [6.07, 6.45) is 1.21. The molecule has 0 spiro atoms. The highest BCUT2D eigenvalue weighted by Gasteiger charge is 2.25. The highest BCUT2D eigenvalue weighted by molar-refractivity contribution is 5.76. The number of rotatable bonds is 4. The van der Waals surface area contributed by atoms with Gasteiger partial charge in [-0.1, -0.05) is 12.1 Å². The molecule has 3 rings (SSSR count). The van der Waals surface area contributed by atoms with Crippen LogP contribution < -0.4 is 0 Å². The summed E-state index contributed by atoms with van der Waals surface area (Å²) in [6.45, 7) is 0.847. The number of hydrogen-bond acceptors (Lipinski definition) is 4. The fourth-order valence-electron chi connectivity index (χ4n) is 2.58. The van der Waals surface area contributed by atoms with E-state index in [9.17, 15) is 5.11 Å². The van der Waals surface area contributed by atoms with Crippen molar-refractivity contribution in [2.24, 2.45) is 0 Å². The van der Waals surface area contributed by atoms with Crippen molar-refractivity contribution in [3.63, 3.8) is 0 Å². The van der Waals surface area contributed by atoms with Gasteiger partial charge in [0, 0.05) is 6.61 Å². The molecule has 2 aromatic rings. The van der Waals surface area contributed by atoms with Crippen LogP contribution in [0.2, 0.25) is 0 Å². The normalized spacial score (nSPS) is 21.1. The molecule has 0 amide bonds. The van der Waals surface area contributed by atoms with Gasteiger partial charge in [0.15, 0.2) is 0 Å². The maximum Gasteiger partial charge on any atom is 0.139 e. The van der Waals surface area contributed by atoms with Crippen molar-refractivity contribution in [1.29, 1.82) is 0 Å². The van der Waals surface area contributed by atoms with Crippen LogP contribution in [0.1, 0.15) is 24.8 Å². The third kappa shape index (κ3) is 2.36. The molecule has 1 fully saturated rings. The Hall–Kier alpha value is -1.43. The number of imidazole rings is 1. The Labute approximate surface area is 111 Å². The summed E-state index contributed by atoms with van der Waals surface area (Å²) in [5, 5.41) is 18.8. The van der Waals surface area contributed by atoms with Crippen LogP contribution in [0.4, 0.5) is 0 Å². The summed E-state index contributed by atoms with van der Waals surface area (Å²) >= 11 is 0. The van der Waals surface area contributed by atoms with Gasteiger partial charge >= 0.3 is 0 Å². The van der Waals surface area contributed by atoms with E-state index in [-0.39, 0.29) is 12.7 Å². The standard InChI is InChI=1S/C14H18N2O3/c17-9-10(18)8-16-12-5-2-1-4-11(12)15-14(16)13-6-3-7-19-13/h1-2,4-5,10,13,17-18H,3,6-9H2/t10-,13+/m0/s1. The van der Waals surface area contributed by atoms with Gasteiger partial charge in [-0.25, -0.2) is 4.98 Å². The number of hydrogen-bond donors (Lipinski definition) is 2. The van der Waals surface area contributed by atoms with Crippen molar-refractivity contribution in [2.45, 2.75) is 31.6 Å². The van der Waals surface area contributed by atoms with Crippen LogP contribution in [0.15, 0.2) is 24.3 Å². The molecule has 2 atom stereocenters. The first-order valence-electron chi connectivity index (χ1n) is 6.65. The van der Waals surface area contributed by atoms with E-state index in [2.05, 4.69) is 4.98 Å². The SMILES string of the molecule is OC[C@@H](O)Cn1c([C@H]2CCCO2)nc2ccccc21. The van der Waals surface area contributed by atoms with Gasteiger partial charge in [0.25, 0.3) is 0 Å². The van der Waals surface area contributed by atoms with E-state index in [1.165, 1.54) is 0 Å². The van der Waals surface area contributed by atoms with E-state index < -0.39 is 6.10 Å². The fraction of sp³-hybridized carbons (Fsp3) is 0.500. The zero-order chi connectivity index (χ0) is 13.2. The molecule has 1 aliphatic rings. The van der Waals surface area contributed by atoms with Gasteiger partial charge in [-0.05, 0) is 25.0 Å². The molecular weight excluding hydrogens is 244 g/mol. The van der Waals surface area contributed by atoms with Crippen LogP contribution in [-0.4, -0.2) is 39.1 Å². The molecule has 2 heterocycles. The van der Waals surface area contributed by atoms with Gasteiger partial charge in [0.05, 0.1) is 30.3 Å².